The number of Topliss-reactive ketones (excluding diaryl/α,β-unsaturated/α-hetero) is 1. The fourth-order valence-corrected chi connectivity index (χ4v) is 1.83. The van der Waals surface area contributed by atoms with Crippen LogP contribution in [0.2, 0.25) is 0 Å². The number of ketones is 1. The van der Waals surface area contributed by atoms with Crippen LogP contribution in [0, 0.1) is 12.8 Å². The van der Waals surface area contributed by atoms with Crippen molar-refractivity contribution in [2.45, 2.75) is 20.3 Å². The molecule has 1 atom stereocenters. The molecular formula is C12H14O2. The third-order valence-corrected chi connectivity index (χ3v) is 2.57. The third kappa shape index (κ3) is 1.52. The molecule has 1 aliphatic heterocycles. The molecule has 14 heavy (non-hydrogen) atoms. The average molecular weight is 190 g/mol. The van der Waals surface area contributed by atoms with Crippen molar-refractivity contribution < 1.29 is 9.53 Å². The third-order valence-electron chi connectivity index (χ3n) is 2.57. The Balaban J connectivity index is 2.49. The van der Waals surface area contributed by atoms with E-state index in [1.165, 1.54) is 0 Å². The molecule has 0 fully saturated rings. The van der Waals surface area contributed by atoms with Gasteiger partial charge in [-0.3, -0.25) is 4.79 Å². The van der Waals surface area contributed by atoms with Crippen molar-refractivity contribution in [3.8, 4) is 5.75 Å². The Morgan fingerprint density at radius 2 is 2.21 bits per heavy atom. The van der Waals surface area contributed by atoms with Gasteiger partial charge in [-0.25, -0.2) is 0 Å². The van der Waals surface area contributed by atoms with E-state index in [9.17, 15) is 4.79 Å². The van der Waals surface area contributed by atoms with Gasteiger partial charge in [0.05, 0.1) is 12.2 Å². The van der Waals surface area contributed by atoms with Gasteiger partial charge in [0.25, 0.3) is 0 Å². The topological polar surface area (TPSA) is 26.3 Å². The highest BCUT2D eigenvalue weighted by atomic mass is 16.5. The molecule has 1 heterocycles. The van der Waals surface area contributed by atoms with Crippen LogP contribution in [-0.2, 0) is 0 Å². The van der Waals surface area contributed by atoms with Gasteiger partial charge in [0.1, 0.15) is 5.75 Å². The largest absolute Gasteiger partial charge is 0.493 e. The van der Waals surface area contributed by atoms with Gasteiger partial charge in [-0.2, -0.15) is 0 Å². The van der Waals surface area contributed by atoms with Gasteiger partial charge in [-0.1, -0.05) is 19.1 Å². The molecule has 0 saturated carbocycles. The summed E-state index contributed by atoms with van der Waals surface area (Å²) in [6.45, 7) is 4.64. The predicted molar refractivity (Wildman–Crippen MR) is 54.8 cm³/mol. The number of ether oxygens (including phenoxy) is 1. The first kappa shape index (κ1) is 9.25. The van der Waals surface area contributed by atoms with Crippen LogP contribution in [-0.4, -0.2) is 12.4 Å². The normalized spacial score (nSPS) is 21.0. The second kappa shape index (κ2) is 3.45. The van der Waals surface area contributed by atoms with Crippen LogP contribution in [0.3, 0.4) is 0 Å². The number of carbonyl (C=O) groups excluding carboxylic acids is 1. The standard InChI is InChI=1S/C12H14O2/c1-8-6-10(13)12-9(2)4-3-5-11(12)14-7-8/h3-5,8H,6-7H2,1-2H3. The summed E-state index contributed by atoms with van der Waals surface area (Å²) >= 11 is 0. The maximum Gasteiger partial charge on any atom is 0.167 e. The zero-order chi connectivity index (χ0) is 10.1. The van der Waals surface area contributed by atoms with Gasteiger partial charge in [0.2, 0.25) is 0 Å². The molecule has 1 aromatic carbocycles. The van der Waals surface area contributed by atoms with E-state index >= 15 is 0 Å². The van der Waals surface area contributed by atoms with Gasteiger partial charge < -0.3 is 4.74 Å². The number of carbonyl (C=O) groups is 1. The van der Waals surface area contributed by atoms with Gasteiger partial charge in [-0.15, -0.1) is 0 Å². The van der Waals surface area contributed by atoms with E-state index in [0.717, 1.165) is 16.9 Å². The summed E-state index contributed by atoms with van der Waals surface area (Å²) < 4.78 is 5.59. The summed E-state index contributed by atoms with van der Waals surface area (Å²) in [5.41, 5.74) is 1.79. The molecule has 2 nitrogen and oxygen atoms in total. The first-order valence-electron chi connectivity index (χ1n) is 4.94. The molecule has 0 N–H and O–H groups in total. The Hall–Kier alpha value is -1.31. The van der Waals surface area contributed by atoms with Crippen LogP contribution >= 0.6 is 0 Å². The van der Waals surface area contributed by atoms with Gasteiger partial charge in [0, 0.05) is 6.42 Å². The summed E-state index contributed by atoms with van der Waals surface area (Å²) in [6.07, 6.45) is 0.595. The van der Waals surface area contributed by atoms with E-state index in [0.29, 0.717) is 18.9 Å². The van der Waals surface area contributed by atoms with Crippen molar-refractivity contribution in [2.24, 2.45) is 5.92 Å². The molecule has 0 bridgehead atoms. The Labute approximate surface area is 83.9 Å². The summed E-state index contributed by atoms with van der Waals surface area (Å²) in [5.74, 6) is 1.27. The lowest BCUT2D eigenvalue weighted by Crippen LogP contribution is -2.07. The smallest absolute Gasteiger partial charge is 0.167 e. The summed E-state index contributed by atoms with van der Waals surface area (Å²) in [7, 11) is 0. The number of benzene rings is 1. The summed E-state index contributed by atoms with van der Waals surface area (Å²) in [4.78, 5) is 11.9. The molecule has 0 radical (unpaired) electrons. The molecule has 0 amide bonds. The monoisotopic (exact) mass is 190 g/mol. The molecule has 74 valence electrons. The van der Waals surface area contributed by atoms with E-state index in [1.54, 1.807) is 0 Å². The predicted octanol–water partition coefficient (Wildman–Crippen LogP) is 2.60. The van der Waals surface area contributed by atoms with Crippen LogP contribution in [0.15, 0.2) is 18.2 Å². The van der Waals surface area contributed by atoms with Crippen molar-refractivity contribution in [3.63, 3.8) is 0 Å². The quantitative estimate of drug-likeness (QED) is 0.628. The summed E-state index contributed by atoms with van der Waals surface area (Å²) in [5, 5.41) is 0. The second-order valence-electron chi connectivity index (χ2n) is 3.99. The van der Waals surface area contributed by atoms with Crippen molar-refractivity contribution >= 4 is 5.78 Å². The van der Waals surface area contributed by atoms with Crippen molar-refractivity contribution in [3.05, 3.63) is 29.3 Å². The van der Waals surface area contributed by atoms with Crippen LogP contribution in [0.4, 0.5) is 0 Å². The van der Waals surface area contributed by atoms with Gasteiger partial charge in [0.15, 0.2) is 5.78 Å². The van der Waals surface area contributed by atoms with E-state index in [4.69, 9.17) is 4.74 Å². The van der Waals surface area contributed by atoms with Gasteiger partial charge >= 0.3 is 0 Å². The van der Waals surface area contributed by atoms with Crippen LogP contribution < -0.4 is 4.74 Å². The molecule has 2 heteroatoms. The van der Waals surface area contributed by atoms with Crippen molar-refractivity contribution in [2.75, 3.05) is 6.61 Å². The number of hydrogen-bond donors (Lipinski definition) is 0. The lowest BCUT2D eigenvalue weighted by atomic mass is 9.98. The minimum atomic E-state index is 0.211. The van der Waals surface area contributed by atoms with Crippen LogP contribution in [0.25, 0.3) is 0 Å². The highest BCUT2D eigenvalue weighted by Crippen LogP contribution is 2.28. The number of fused-ring (bicyclic) bond motifs is 1. The minimum absolute atomic E-state index is 0.211. The van der Waals surface area contributed by atoms with E-state index < -0.39 is 0 Å². The highest BCUT2D eigenvalue weighted by molar-refractivity contribution is 6.00. The molecule has 0 spiro atoms. The van der Waals surface area contributed by atoms with E-state index in [-0.39, 0.29) is 5.78 Å². The highest BCUT2D eigenvalue weighted by Gasteiger charge is 2.22. The number of aryl methyl sites for hydroxylation is 1. The first-order valence-corrected chi connectivity index (χ1v) is 4.94. The zero-order valence-corrected chi connectivity index (χ0v) is 8.54. The first-order chi connectivity index (χ1) is 6.68. The molecule has 0 aliphatic carbocycles. The number of hydrogen-bond acceptors (Lipinski definition) is 2. The van der Waals surface area contributed by atoms with Crippen molar-refractivity contribution in [1.29, 1.82) is 0 Å². The second-order valence-corrected chi connectivity index (χ2v) is 3.99. The Morgan fingerprint density at radius 1 is 1.43 bits per heavy atom. The van der Waals surface area contributed by atoms with E-state index in [2.05, 4.69) is 0 Å². The molecule has 1 aliphatic rings. The molecule has 2 rings (SSSR count). The zero-order valence-electron chi connectivity index (χ0n) is 8.54. The number of rotatable bonds is 0. The molecule has 0 aromatic heterocycles. The average Bonchev–Trinajstić information content (AvgIpc) is 2.27. The van der Waals surface area contributed by atoms with E-state index in [1.807, 2.05) is 32.0 Å². The molecule has 1 aromatic rings. The van der Waals surface area contributed by atoms with Crippen molar-refractivity contribution in [1.82, 2.24) is 0 Å². The SMILES string of the molecule is Cc1cccc2c1C(=O)CC(C)CO2. The molecule has 0 saturated heterocycles. The lowest BCUT2D eigenvalue weighted by molar-refractivity contribution is 0.0966. The minimum Gasteiger partial charge on any atom is -0.493 e. The fraction of sp³-hybridized carbons (Fsp3) is 0.417. The van der Waals surface area contributed by atoms with Crippen LogP contribution in [0.1, 0.15) is 29.3 Å². The maximum atomic E-state index is 11.9. The maximum absolute atomic E-state index is 11.9. The molecular weight excluding hydrogens is 176 g/mol. The Bertz CT molecular complexity index is 369. The molecule has 1 unspecified atom stereocenters. The fourth-order valence-electron chi connectivity index (χ4n) is 1.83. The lowest BCUT2D eigenvalue weighted by Gasteiger charge is -2.08. The summed E-state index contributed by atoms with van der Waals surface area (Å²) in [6, 6.07) is 5.76. The van der Waals surface area contributed by atoms with Crippen LogP contribution in [0.5, 0.6) is 5.75 Å². The Kier molecular flexibility index (Phi) is 2.28. The Morgan fingerprint density at radius 3 is 3.00 bits per heavy atom. The van der Waals surface area contributed by atoms with Gasteiger partial charge in [-0.05, 0) is 24.5 Å².